The Morgan fingerprint density at radius 3 is 2.59 bits per heavy atom. The number of ketones is 1. The summed E-state index contributed by atoms with van der Waals surface area (Å²) in [4.78, 5) is 44.7. The maximum atomic E-state index is 14.6. The molecule has 0 bridgehead atoms. The zero-order valence-corrected chi connectivity index (χ0v) is 22.7. The number of rotatable bonds is 12. The molecule has 1 unspecified atom stereocenters. The molecule has 3 N–H and O–H groups in total. The molecule has 1 aliphatic heterocycles. The number of halogens is 1. The van der Waals surface area contributed by atoms with E-state index in [1.54, 1.807) is 13.1 Å². The summed E-state index contributed by atoms with van der Waals surface area (Å²) in [5.41, 5.74) is 0.635. The molecular formula is C27H38FN6O5-. The lowest BCUT2D eigenvalue weighted by atomic mass is 9.83. The van der Waals surface area contributed by atoms with E-state index in [0.29, 0.717) is 43.8 Å². The Bertz CT molecular complexity index is 1090. The predicted molar refractivity (Wildman–Crippen MR) is 142 cm³/mol. The highest BCUT2D eigenvalue weighted by Gasteiger charge is 2.38. The second-order valence-corrected chi connectivity index (χ2v) is 11.1. The van der Waals surface area contributed by atoms with Crippen LogP contribution < -0.4 is 16.0 Å². The highest BCUT2D eigenvalue weighted by molar-refractivity contribution is 6.38. The average Bonchev–Trinajstić information content (AvgIpc) is 3.63. The van der Waals surface area contributed by atoms with E-state index < -0.39 is 35.5 Å². The van der Waals surface area contributed by atoms with Crippen LogP contribution in [0.25, 0.3) is 0 Å². The number of hydrogen-bond donors (Lipinski definition) is 3. The normalized spacial score (nSPS) is 22.3. The van der Waals surface area contributed by atoms with Crippen LogP contribution in [0.4, 0.5) is 4.39 Å². The first-order valence-electron chi connectivity index (χ1n) is 13.8. The molecule has 11 nitrogen and oxygen atoms in total. The molecule has 39 heavy (non-hydrogen) atoms. The van der Waals surface area contributed by atoms with Crippen molar-refractivity contribution in [3.8, 4) is 0 Å². The highest BCUT2D eigenvalue weighted by atomic mass is 19.1. The maximum absolute atomic E-state index is 14.6. The van der Waals surface area contributed by atoms with Gasteiger partial charge in [-0.25, -0.2) is 9.51 Å². The first-order valence-corrected chi connectivity index (χ1v) is 13.8. The molecule has 12 heteroatoms. The van der Waals surface area contributed by atoms with Gasteiger partial charge in [0.15, 0.2) is 0 Å². The lowest BCUT2D eigenvalue weighted by Gasteiger charge is -2.32. The molecule has 0 saturated heterocycles. The van der Waals surface area contributed by atoms with Gasteiger partial charge in [0.05, 0.1) is 24.1 Å². The third-order valence-electron chi connectivity index (χ3n) is 7.31. The Hall–Kier alpha value is -3.09. The fraction of sp³-hybridized carbons (Fsp3) is 0.630. The van der Waals surface area contributed by atoms with E-state index in [1.807, 2.05) is 13.8 Å². The quantitative estimate of drug-likeness (QED) is 0.364. The van der Waals surface area contributed by atoms with E-state index in [1.165, 1.54) is 12.1 Å². The summed E-state index contributed by atoms with van der Waals surface area (Å²) in [6.07, 6.45) is 5.01. The van der Waals surface area contributed by atoms with E-state index in [4.69, 9.17) is 4.84 Å². The fourth-order valence-corrected chi connectivity index (χ4v) is 5.06. The van der Waals surface area contributed by atoms with Crippen LogP contribution in [0, 0.1) is 28.8 Å². The number of benzene rings is 1. The van der Waals surface area contributed by atoms with Crippen molar-refractivity contribution in [3.05, 3.63) is 40.4 Å². The summed E-state index contributed by atoms with van der Waals surface area (Å²) >= 11 is 0. The molecule has 2 aliphatic carbocycles. The summed E-state index contributed by atoms with van der Waals surface area (Å²) in [5, 5.41) is 26.1. The van der Waals surface area contributed by atoms with Gasteiger partial charge in [-0.2, -0.15) is 0 Å². The third kappa shape index (κ3) is 7.52. The molecule has 0 radical (unpaired) electrons. The molecule has 214 valence electrons. The van der Waals surface area contributed by atoms with Gasteiger partial charge < -0.3 is 26.0 Å². The summed E-state index contributed by atoms with van der Waals surface area (Å²) in [5.74, 6) is -2.68. The first kappa shape index (κ1) is 28.9. The second kappa shape index (κ2) is 12.8. The van der Waals surface area contributed by atoms with Crippen LogP contribution in [0.2, 0.25) is 0 Å². The van der Waals surface area contributed by atoms with Crippen molar-refractivity contribution in [2.24, 2.45) is 22.9 Å². The van der Waals surface area contributed by atoms with Crippen LogP contribution in [0.1, 0.15) is 74.7 Å². The Morgan fingerprint density at radius 1 is 1.18 bits per heavy atom. The minimum absolute atomic E-state index is 0.0582. The maximum Gasteiger partial charge on any atom is 0.302 e. The molecule has 0 spiro atoms. The van der Waals surface area contributed by atoms with Gasteiger partial charge in [0.2, 0.25) is 11.7 Å². The highest BCUT2D eigenvalue weighted by Crippen LogP contribution is 2.31. The molecule has 2 saturated carbocycles. The van der Waals surface area contributed by atoms with E-state index in [9.17, 15) is 24.0 Å². The fourth-order valence-electron chi connectivity index (χ4n) is 5.06. The van der Waals surface area contributed by atoms with Crippen LogP contribution in [0.5, 0.6) is 0 Å². The van der Waals surface area contributed by atoms with Crippen molar-refractivity contribution in [2.45, 2.75) is 77.4 Å². The lowest BCUT2D eigenvalue weighted by Crippen LogP contribution is -2.53. The van der Waals surface area contributed by atoms with Crippen molar-refractivity contribution in [1.29, 1.82) is 0 Å². The second-order valence-electron chi connectivity index (χ2n) is 11.1. The SMILES string of the molecule is CNCc1ccc(C(=O)N[C@H]2CCCC[C@H]2C(=O)NC(CC(C)C)C(=O)C2=NN(CC3CC3)N([O-])O2)c(F)c1. The molecule has 1 heterocycles. The van der Waals surface area contributed by atoms with Gasteiger partial charge in [-0.05, 0) is 68.7 Å². The van der Waals surface area contributed by atoms with Gasteiger partial charge in [-0.1, -0.05) is 38.1 Å². The number of hydrazone groups is 1. The van der Waals surface area contributed by atoms with Crippen molar-refractivity contribution in [1.82, 2.24) is 26.4 Å². The van der Waals surface area contributed by atoms with E-state index in [0.717, 1.165) is 30.8 Å². The van der Waals surface area contributed by atoms with Crippen molar-refractivity contribution < 1.29 is 23.6 Å². The monoisotopic (exact) mass is 545 g/mol. The van der Waals surface area contributed by atoms with E-state index in [-0.39, 0.29) is 28.6 Å². The molecule has 0 aromatic heterocycles. The van der Waals surface area contributed by atoms with Crippen LogP contribution in [0.15, 0.2) is 23.3 Å². The standard InChI is InChI=1S/C27H38FN6O5/c1-16(2)12-23(24(35)27-32-33(34(38)39-27)15-17-8-9-17)31-26(37)20-6-4-5-7-22(20)30-25(36)19-11-10-18(14-29-3)13-21(19)28/h10-11,13,16-17,20,22-23,29H,4-9,12,14-15H2,1-3H3,(H,30,36)(H,31,37)/q-1/t20-,22+,23?/m1/s1. The average molecular weight is 546 g/mol. The molecule has 3 aliphatic rings. The number of amides is 2. The van der Waals surface area contributed by atoms with Gasteiger partial charge in [0, 0.05) is 12.6 Å². The largest absolute Gasteiger partial charge is 0.732 e. The Kier molecular flexibility index (Phi) is 9.52. The number of carbonyl (C=O) groups excluding carboxylic acids is 3. The van der Waals surface area contributed by atoms with Crippen LogP contribution in [-0.2, 0) is 21.0 Å². The Morgan fingerprint density at radius 2 is 1.92 bits per heavy atom. The van der Waals surface area contributed by atoms with Gasteiger partial charge in [-0.15, -0.1) is 5.10 Å². The summed E-state index contributed by atoms with van der Waals surface area (Å²) in [6.45, 7) is 4.69. The number of carbonyl (C=O) groups is 3. The third-order valence-corrected chi connectivity index (χ3v) is 7.31. The molecule has 4 rings (SSSR count). The Labute approximate surface area is 228 Å². The van der Waals surface area contributed by atoms with Crippen molar-refractivity contribution >= 4 is 23.5 Å². The number of hydrogen-bond acceptors (Lipinski definition) is 9. The lowest BCUT2D eigenvalue weighted by molar-refractivity contribution is -0.165. The van der Waals surface area contributed by atoms with Crippen LogP contribution >= 0.6 is 0 Å². The minimum atomic E-state index is -0.944. The molecule has 2 amide bonds. The van der Waals surface area contributed by atoms with Crippen LogP contribution in [-0.4, -0.2) is 59.6 Å². The van der Waals surface area contributed by atoms with E-state index >= 15 is 0 Å². The summed E-state index contributed by atoms with van der Waals surface area (Å²) in [6, 6.07) is 3.00. The van der Waals surface area contributed by atoms with E-state index in [2.05, 4.69) is 21.1 Å². The minimum Gasteiger partial charge on any atom is -0.732 e. The van der Waals surface area contributed by atoms with Crippen molar-refractivity contribution in [2.75, 3.05) is 13.6 Å². The van der Waals surface area contributed by atoms with Crippen LogP contribution in [0.3, 0.4) is 0 Å². The Balaban J connectivity index is 1.43. The predicted octanol–water partition coefficient (Wildman–Crippen LogP) is 2.62. The zero-order chi connectivity index (χ0) is 28.1. The molecule has 1 aromatic carbocycles. The van der Waals surface area contributed by atoms with Crippen molar-refractivity contribution in [3.63, 3.8) is 0 Å². The van der Waals surface area contributed by atoms with Gasteiger partial charge >= 0.3 is 5.90 Å². The molecule has 3 atom stereocenters. The number of hydrazine groups is 1. The van der Waals surface area contributed by atoms with Gasteiger partial charge in [-0.3, -0.25) is 14.4 Å². The summed E-state index contributed by atoms with van der Waals surface area (Å²) < 4.78 is 14.6. The zero-order valence-electron chi connectivity index (χ0n) is 22.7. The molecule has 2 fully saturated rings. The molecular weight excluding hydrogens is 507 g/mol. The van der Waals surface area contributed by atoms with Gasteiger partial charge in [0.1, 0.15) is 5.82 Å². The number of Topliss-reactive ketones (excluding diaryl/α,β-unsaturated/α-hetero) is 1. The molecule has 1 aromatic rings. The topological polar surface area (TPSA) is 138 Å². The smallest absolute Gasteiger partial charge is 0.302 e. The number of nitrogens with zero attached hydrogens (tertiary/aromatic N) is 3. The first-order chi connectivity index (χ1) is 18.7. The number of nitrogens with one attached hydrogen (secondary N) is 3. The van der Waals surface area contributed by atoms with Gasteiger partial charge in [0.25, 0.3) is 5.91 Å². The summed E-state index contributed by atoms with van der Waals surface area (Å²) in [7, 11) is 1.75.